The van der Waals surface area contributed by atoms with Crippen molar-refractivity contribution in [3.63, 3.8) is 0 Å². The summed E-state index contributed by atoms with van der Waals surface area (Å²) in [4.78, 5) is 26.3. The third-order valence-corrected chi connectivity index (χ3v) is 4.26. The number of nitrogens with one attached hydrogen (secondary N) is 1. The van der Waals surface area contributed by atoms with Gasteiger partial charge in [0, 0.05) is 19.0 Å². The van der Waals surface area contributed by atoms with Gasteiger partial charge in [0.15, 0.2) is 0 Å². The van der Waals surface area contributed by atoms with Gasteiger partial charge in [-0.15, -0.1) is 0 Å². The van der Waals surface area contributed by atoms with E-state index in [1.54, 1.807) is 0 Å². The lowest BCUT2D eigenvalue weighted by Gasteiger charge is -2.28. The molecule has 1 aliphatic rings. The van der Waals surface area contributed by atoms with Crippen LogP contribution in [-0.4, -0.2) is 35.3 Å². The van der Waals surface area contributed by atoms with Gasteiger partial charge in [-0.05, 0) is 19.8 Å². The normalized spacial score (nSPS) is 23.1. The highest BCUT2D eigenvalue weighted by molar-refractivity contribution is 5.90. The fraction of sp³-hybridized carbons (Fsp3) is 0.882. The first-order chi connectivity index (χ1) is 10.1. The van der Waals surface area contributed by atoms with Crippen LogP contribution in [0.4, 0.5) is 0 Å². The van der Waals surface area contributed by atoms with E-state index in [9.17, 15) is 9.59 Å². The second-order valence-corrected chi connectivity index (χ2v) is 6.26. The summed E-state index contributed by atoms with van der Waals surface area (Å²) in [6.07, 6.45) is 9.41. The fourth-order valence-electron chi connectivity index (χ4n) is 2.99. The third-order valence-electron chi connectivity index (χ3n) is 4.26. The molecular formula is C17H32N2O2. The molecule has 1 N–H and O–H groups in total. The standard InChI is InChI=1S/C17H32N2O2/c1-4-6-7-8-9-10-12-19-14(3)13-16(20)18-15(11-5-2)17(19)21/h14-15H,4-13H2,1-3H3,(H,18,20). The molecular weight excluding hydrogens is 264 g/mol. The second kappa shape index (κ2) is 9.80. The van der Waals surface area contributed by atoms with E-state index in [2.05, 4.69) is 12.2 Å². The molecule has 2 unspecified atom stereocenters. The minimum atomic E-state index is -0.312. The maximum Gasteiger partial charge on any atom is 0.245 e. The number of amides is 2. The number of rotatable bonds is 9. The zero-order valence-corrected chi connectivity index (χ0v) is 14.0. The summed E-state index contributed by atoms with van der Waals surface area (Å²) < 4.78 is 0. The van der Waals surface area contributed by atoms with Gasteiger partial charge in [-0.25, -0.2) is 0 Å². The van der Waals surface area contributed by atoms with Gasteiger partial charge in [-0.1, -0.05) is 52.4 Å². The Bertz CT molecular complexity index is 331. The molecule has 0 spiro atoms. The summed E-state index contributed by atoms with van der Waals surface area (Å²) in [7, 11) is 0. The third kappa shape index (κ3) is 6.06. The van der Waals surface area contributed by atoms with Crippen LogP contribution in [0.25, 0.3) is 0 Å². The van der Waals surface area contributed by atoms with E-state index in [-0.39, 0.29) is 23.9 Å². The van der Waals surface area contributed by atoms with Crippen molar-refractivity contribution in [3.8, 4) is 0 Å². The van der Waals surface area contributed by atoms with Gasteiger partial charge in [0.05, 0.1) is 0 Å². The van der Waals surface area contributed by atoms with Crippen LogP contribution in [0.2, 0.25) is 0 Å². The topological polar surface area (TPSA) is 49.4 Å². The van der Waals surface area contributed by atoms with Crippen molar-refractivity contribution in [3.05, 3.63) is 0 Å². The Morgan fingerprint density at radius 1 is 1.05 bits per heavy atom. The van der Waals surface area contributed by atoms with E-state index in [0.29, 0.717) is 6.42 Å². The first-order valence-corrected chi connectivity index (χ1v) is 8.70. The van der Waals surface area contributed by atoms with Crippen molar-refractivity contribution in [1.82, 2.24) is 10.2 Å². The minimum absolute atomic E-state index is 0.0137. The van der Waals surface area contributed by atoms with Crippen molar-refractivity contribution in [1.29, 1.82) is 0 Å². The SMILES string of the molecule is CCCCCCCCN1C(=O)C(CCC)NC(=O)CC1C. The number of carbonyl (C=O) groups excluding carboxylic acids is 2. The first-order valence-electron chi connectivity index (χ1n) is 8.70. The quantitative estimate of drug-likeness (QED) is 0.664. The molecule has 0 bridgehead atoms. The lowest BCUT2D eigenvalue weighted by Crippen LogP contribution is -2.46. The van der Waals surface area contributed by atoms with E-state index in [1.165, 1.54) is 32.1 Å². The fourth-order valence-corrected chi connectivity index (χ4v) is 2.99. The Morgan fingerprint density at radius 2 is 1.71 bits per heavy atom. The molecule has 122 valence electrons. The predicted molar refractivity (Wildman–Crippen MR) is 86.0 cm³/mol. The Labute approximate surface area is 129 Å². The number of carbonyl (C=O) groups is 2. The molecule has 4 heteroatoms. The van der Waals surface area contributed by atoms with Gasteiger partial charge in [-0.2, -0.15) is 0 Å². The molecule has 2 amide bonds. The van der Waals surface area contributed by atoms with E-state index >= 15 is 0 Å². The zero-order chi connectivity index (χ0) is 15.7. The lowest BCUT2D eigenvalue weighted by atomic mass is 10.1. The van der Waals surface area contributed by atoms with Crippen LogP contribution in [0.15, 0.2) is 0 Å². The van der Waals surface area contributed by atoms with Crippen molar-refractivity contribution in [2.24, 2.45) is 0 Å². The van der Waals surface area contributed by atoms with Crippen molar-refractivity contribution < 1.29 is 9.59 Å². The summed E-state index contributed by atoms with van der Waals surface area (Å²) in [5.74, 6) is 0.128. The zero-order valence-electron chi connectivity index (χ0n) is 14.0. The summed E-state index contributed by atoms with van der Waals surface area (Å²) in [6, 6.07) is -0.289. The van der Waals surface area contributed by atoms with Gasteiger partial charge >= 0.3 is 0 Å². The molecule has 0 aromatic rings. The van der Waals surface area contributed by atoms with Crippen molar-refractivity contribution in [2.75, 3.05) is 6.54 Å². The van der Waals surface area contributed by atoms with Crippen LogP contribution in [-0.2, 0) is 9.59 Å². The Morgan fingerprint density at radius 3 is 2.38 bits per heavy atom. The lowest BCUT2D eigenvalue weighted by molar-refractivity contribution is -0.135. The van der Waals surface area contributed by atoms with Crippen LogP contribution < -0.4 is 5.32 Å². The summed E-state index contributed by atoms with van der Waals surface area (Å²) in [6.45, 7) is 7.05. The minimum Gasteiger partial charge on any atom is -0.344 e. The molecule has 1 rings (SSSR count). The molecule has 21 heavy (non-hydrogen) atoms. The van der Waals surface area contributed by atoms with Crippen LogP contribution in [0, 0.1) is 0 Å². The maximum absolute atomic E-state index is 12.6. The first kappa shape index (κ1) is 18.0. The maximum atomic E-state index is 12.6. The van der Waals surface area contributed by atoms with Crippen LogP contribution in [0.1, 0.15) is 78.6 Å². The van der Waals surface area contributed by atoms with Crippen LogP contribution in [0.5, 0.6) is 0 Å². The summed E-state index contributed by atoms with van der Waals surface area (Å²) >= 11 is 0. The van der Waals surface area contributed by atoms with Crippen LogP contribution in [0.3, 0.4) is 0 Å². The summed E-state index contributed by atoms with van der Waals surface area (Å²) in [5.41, 5.74) is 0. The number of unbranched alkanes of at least 4 members (excludes halogenated alkanes) is 5. The van der Waals surface area contributed by atoms with Crippen LogP contribution >= 0.6 is 0 Å². The number of hydrogen-bond donors (Lipinski definition) is 1. The average Bonchev–Trinajstić information content (AvgIpc) is 2.53. The Balaban J connectivity index is 2.47. The highest BCUT2D eigenvalue weighted by Crippen LogP contribution is 2.16. The second-order valence-electron chi connectivity index (χ2n) is 6.26. The van der Waals surface area contributed by atoms with Crippen molar-refractivity contribution in [2.45, 2.75) is 90.6 Å². The number of hydrogen-bond acceptors (Lipinski definition) is 2. The molecule has 0 saturated carbocycles. The molecule has 1 fully saturated rings. The molecule has 4 nitrogen and oxygen atoms in total. The van der Waals surface area contributed by atoms with Gasteiger partial charge < -0.3 is 10.2 Å². The van der Waals surface area contributed by atoms with E-state index in [0.717, 1.165) is 25.8 Å². The molecule has 0 aliphatic carbocycles. The van der Waals surface area contributed by atoms with Gasteiger partial charge in [0.2, 0.25) is 11.8 Å². The molecule has 0 radical (unpaired) electrons. The Kier molecular flexibility index (Phi) is 8.40. The highest BCUT2D eigenvalue weighted by atomic mass is 16.2. The monoisotopic (exact) mass is 296 g/mol. The largest absolute Gasteiger partial charge is 0.344 e. The van der Waals surface area contributed by atoms with Crippen molar-refractivity contribution >= 4 is 11.8 Å². The molecule has 1 heterocycles. The molecule has 1 aliphatic heterocycles. The highest BCUT2D eigenvalue weighted by Gasteiger charge is 2.32. The molecule has 0 aromatic heterocycles. The smallest absolute Gasteiger partial charge is 0.245 e. The van der Waals surface area contributed by atoms with E-state index in [1.807, 2.05) is 18.7 Å². The molecule has 2 atom stereocenters. The van der Waals surface area contributed by atoms with Gasteiger partial charge in [0.1, 0.15) is 6.04 Å². The van der Waals surface area contributed by atoms with E-state index in [4.69, 9.17) is 0 Å². The number of nitrogens with zero attached hydrogens (tertiary/aromatic N) is 1. The van der Waals surface area contributed by atoms with Gasteiger partial charge in [0.25, 0.3) is 0 Å². The average molecular weight is 296 g/mol. The van der Waals surface area contributed by atoms with Gasteiger partial charge in [-0.3, -0.25) is 9.59 Å². The molecule has 1 saturated heterocycles. The Hall–Kier alpha value is -1.06. The summed E-state index contributed by atoms with van der Waals surface area (Å²) in [5, 5.41) is 2.88. The van der Waals surface area contributed by atoms with E-state index < -0.39 is 0 Å². The molecule has 0 aromatic carbocycles. The predicted octanol–water partition coefficient (Wildman–Crippen LogP) is 3.25.